The number of para-hydroxylation sites is 1. The van der Waals surface area contributed by atoms with Crippen LogP contribution in [-0.4, -0.2) is 18.6 Å². The summed E-state index contributed by atoms with van der Waals surface area (Å²) in [6, 6.07) is 12.1. The minimum atomic E-state index is -0.388. The summed E-state index contributed by atoms with van der Waals surface area (Å²) in [7, 11) is 0. The maximum Gasteiger partial charge on any atom is 0.150 e. The van der Waals surface area contributed by atoms with E-state index in [1.54, 1.807) is 0 Å². The van der Waals surface area contributed by atoms with E-state index < -0.39 is 0 Å². The molecule has 2 N–H and O–H groups in total. The van der Waals surface area contributed by atoms with Crippen LogP contribution in [0.15, 0.2) is 30.3 Å². The van der Waals surface area contributed by atoms with Crippen molar-refractivity contribution >= 4 is 5.69 Å². The molecule has 0 saturated carbocycles. The molecule has 0 amide bonds. The van der Waals surface area contributed by atoms with Crippen LogP contribution in [0.5, 0.6) is 0 Å². The van der Waals surface area contributed by atoms with Crippen LogP contribution in [0.3, 0.4) is 0 Å². The van der Waals surface area contributed by atoms with Crippen molar-refractivity contribution in [3.63, 3.8) is 0 Å². The number of nitriles is 1. The van der Waals surface area contributed by atoms with Crippen LogP contribution >= 0.6 is 0 Å². The molecule has 0 unspecified atom stereocenters. The smallest absolute Gasteiger partial charge is 0.150 e. The summed E-state index contributed by atoms with van der Waals surface area (Å²) in [5, 5.41) is 15.3. The zero-order valence-electron chi connectivity index (χ0n) is 7.25. The number of hydrogen-bond acceptors (Lipinski definition) is 3. The Morgan fingerprint density at radius 1 is 1.31 bits per heavy atom. The second-order valence-corrected chi connectivity index (χ2v) is 3.29. The van der Waals surface area contributed by atoms with Crippen LogP contribution in [0.1, 0.15) is 0 Å². The summed E-state index contributed by atoms with van der Waals surface area (Å²) in [6.45, 7) is 1.44. The number of hydrogen-bond donors (Lipinski definition) is 2. The van der Waals surface area contributed by atoms with E-state index in [4.69, 9.17) is 5.26 Å². The minimum absolute atomic E-state index is 0.388. The average Bonchev–Trinajstić information content (AvgIpc) is 2.13. The van der Waals surface area contributed by atoms with E-state index in [-0.39, 0.29) is 5.54 Å². The number of nitrogens with zero attached hydrogens (tertiary/aromatic N) is 1. The van der Waals surface area contributed by atoms with E-state index >= 15 is 0 Å². The molecule has 3 nitrogen and oxygen atoms in total. The Balaban J connectivity index is 2.10. The van der Waals surface area contributed by atoms with Gasteiger partial charge in [-0.3, -0.25) is 0 Å². The minimum Gasteiger partial charge on any atom is -0.365 e. The zero-order valence-corrected chi connectivity index (χ0v) is 7.25. The SMILES string of the molecule is N#CC1(Nc2ccccc2)CNC1. The van der Waals surface area contributed by atoms with Gasteiger partial charge in [-0.1, -0.05) is 18.2 Å². The Morgan fingerprint density at radius 3 is 2.46 bits per heavy atom. The van der Waals surface area contributed by atoms with Crippen molar-refractivity contribution in [1.29, 1.82) is 5.26 Å². The fourth-order valence-electron chi connectivity index (χ4n) is 1.37. The van der Waals surface area contributed by atoms with Crippen LogP contribution in [-0.2, 0) is 0 Å². The Hall–Kier alpha value is -1.53. The van der Waals surface area contributed by atoms with Gasteiger partial charge >= 0.3 is 0 Å². The maximum absolute atomic E-state index is 8.95. The lowest BCUT2D eigenvalue weighted by Crippen LogP contribution is -2.63. The highest BCUT2D eigenvalue weighted by molar-refractivity contribution is 5.49. The van der Waals surface area contributed by atoms with E-state index in [1.165, 1.54) is 0 Å². The molecule has 0 bridgehead atoms. The molecule has 0 spiro atoms. The Morgan fingerprint density at radius 2 is 2.00 bits per heavy atom. The van der Waals surface area contributed by atoms with Gasteiger partial charge in [0, 0.05) is 18.8 Å². The van der Waals surface area contributed by atoms with Crippen LogP contribution in [0, 0.1) is 11.3 Å². The Labute approximate surface area is 77.4 Å². The number of rotatable bonds is 2. The van der Waals surface area contributed by atoms with Crippen molar-refractivity contribution in [3.05, 3.63) is 30.3 Å². The summed E-state index contributed by atoms with van der Waals surface area (Å²) in [6.07, 6.45) is 0. The standard InChI is InChI=1S/C10H11N3/c11-6-10(7-12-8-10)13-9-4-2-1-3-5-9/h1-5,12-13H,7-8H2. The maximum atomic E-state index is 8.95. The van der Waals surface area contributed by atoms with Crippen LogP contribution in [0.4, 0.5) is 5.69 Å². The van der Waals surface area contributed by atoms with Crippen molar-refractivity contribution in [2.24, 2.45) is 0 Å². The normalized spacial score (nSPS) is 18.4. The number of benzene rings is 1. The fraction of sp³-hybridized carbons (Fsp3) is 0.300. The number of anilines is 1. The lowest BCUT2D eigenvalue weighted by Gasteiger charge is -2.37. The van der Waals surface area contributed by atoms with Crippen LogP contribution in [0.2, 0.25) is 0 Å². The Kier molecular flexibility index (Phi) is 1.91. The highest BCUT2D eigenvalue weighted by atomic mass is 15.1. The molecule has 1 aromatic rings. The van der Waals surface area contributed by atoms with Gasteiger partial charge in [0.1, 0.15) is 5.54 Å². The lowest BCUT2D eigenvalue weighted by molar-refractivity contribution is 0.387. The van der Waals surface area contributed by atoms with Crippen molar-refractivity contribution in [3.8, 4) is 6.07 Å². The molecule has 1 fully saturated rings. The van der Waals surface area contributed by atoms with Gasteiger partial charge in [-0.15, -0.1) is 0 Å². The summed E-state index contributed by atoms with van der Waals surface area (Å²) in [4.78, 5) is 0. The topological polar surface area (TPSA) is 47.9 Å². The van der Waals surface area contributed by atoms with Gasteiger partial charge in [0.05, 0.1) is 6.07 Å². The molecule has 13 heavy (non-hydrogen) atoms. The van der Waals surface area contributed by atoms with Gasteiger partial charge in [0.2, 0.25) is 0 Å². The van der Waals surface area contributed by atoms with Crippen molar-refractivity contribution in [2.75, 3.05) is 18.4 Å². The molecular formula is C10H11N3. The van der Waals surface area contributed by atoms with Gasteiger partial charge in [0.15, 0.2) is 0 Å². The van der Waals surface area contributed by atoms with Crippen molar-refractivity contribution in [1.82, 2.24) is 5.32 Å². The summed E-state index contributed by atoms with van der Waals surface area (Å²) in [5.74, 6) is 0. The van der Waals surface area contributed by atoms with Gasteiger partial charge < -0.3 is 10.6 Å². The second kappa shape index (κ2) is 3.08. The first-order valence-electron chi connectivity index (χ1n) is 4.30. The molecule has 2 rings (SSSR count). The third kappa shape index (κ3) is 1.49. The third-order valence-electron chi connectivity index (χ3n) is 2.22. The highest BCUT2D eigenvalue weighted by Gasteiger charge is 2.36. The molecule has 1 saturated heterocycles. The zero-order chi connectivity index (χ0) is 9.15. The van der Waals surface area contributed by atoms with E-state index in [0.717, 1.165) is 18.8 Å². The summed E-state index contributed by atoms with van der Waals surface area (Å²) in [5.41, 5.74) is 0.618. The highest BCUT2D eigenvalue weighted by Crippen LogP contribution is 2.17. The number of nitrogens with one attached hydrogen (secondary N) is 2. The van der Waals surface area contributed by atoms with Crippen molar-refractivity contribution < 1.29 is 0 Å². The predicted octanol–water partition coefficient (Wildman–Crippen LogP) is 0.964. The van der Waals surface area contributed by atoms with Gasteiger partial charge in [-0.05, 0) is 12.1 Å². The first-order valence-corrected chi connectivity index (χ1v) is 4.30. The van der Waals surface area contributed by atoms with Gasteiger partial charge in [-0.2, -0.15) is 5.26 Å². The molecule has 1 heterocycles. The fourth-order valence-corrected chi connectivity index (χ4v) is 1.37. The van der Waals surface area contributed by atoms with E-state index in [1.807, 2.05) is 30.3 Å². The largest absolute Gasteiger partial charge is 0.365 e. The van der Waals surface area contributed by atoms with Gasteiger partial charge in [0.25, 0.3) is 0 Å². The first-order chi connectivity index (χ1) is 6.35. The van der Waals surface area contributed by atoms with Crippen LogP contribution < -0.4 is 10.6 Å². The Bertz CT molecular complexity index is 322. The van der Waals surface area contributed by atoms with E-state index in [0.29, 0.717) is 0 Å². The quantitative estimate of drug-likeness (QED) is 0.700. The molecule has 0 aromatic heterocycles. The van der Waals surface area contributed by atoms with Crippen LogP contribution in [0.25, 0.3) is 0 Å². The van der Waals surface area contributed by atoms with E-state index in [2.05, 4.69) is 16.7 Å². The third-order valence-corrected chi connectivity index (χ3v) is 2.22. The molecule has 0 aliphatic carbocycles. The summed E-state index contributed by atoms with van der Waals surface area (Å²) >= 11 is 0. The molecule has 1 aromatic carbocycles. The molecule has 66 valence electrons. The second-order valence-electron chi connectivity index (χ2n) is 3.29. The summed E-state index contributed by atoms with van der Waals surface area (Å²) < 4.78 is 0. The van der Waals surface area contributed by atoms with Gasteiger partial charge in [-0.25, -0.2) is 0 Å². The molecule has 0 atom stereocenters. The first kappa shape index (κ1) is 8.09. The molecule has 3 heteroatoms. The van der Waals surface area contributed by atoms with Crippen molar-refractivity contribution in [2.45, 2.75) is 5.54 Å². The predicted molar refractivity (Wildman–Crippen MR) is 51.3 cm³/mol. The monoisotopic (exact) mass is 173 g/mol. The molecule has 1 aliphatic heterocycles. The van der Waals surface area contributed by atoms with E-state index in [9.17, 15) is 0 Å². The molecule has 0 radical (unpaired) electrons. The molecular weight excluding hydrogens is 162 g/mol. The average molecular weight is 173 g/mol. The lowest BCUT2D eigenvalue weighted by atomic mass is 9.94. The molecule has 1 aliphatic rings.